The molecule has 1 aromatic carbocycles. The molecule has 2 amide bonds. The number of piperidine rings is 1. The van der Waals surface area contributed by atoms with Crippen molar-refractivity contribution >= 4 is 17.6 Å². The Labute approximate surface area is 155 Å². The van der Waals surface area contributed by atoms with E-state index in [2.05, 4.69) is 22.2 Å². The van der Waals surface area contributed by atoms with E-state index in [1.54, 1.807) is 0 Å². The molecule has 25 heavy (non-hydrogen) atoms. The van der Waals surface area contributed by atoms with Crippen LogP contribution in [0, 0.1) is 0 Å². The molecule has 2 heterocycles. The zero-order chi connectivity index (χ0) is 17.8. The van der Waals surface area contributed by atoms with Crippen LogP contribution >= 0.6 is 11.6 Å². The molecular formula is C19H29ClN4O. The van der Waals surface area contributed by atoms with Crippen LogP contribution in [0.5, 0.6) is 0 Å². The summed E-state index contributed by atoms with van der Waals surface area (Å²) in [6, 6.07) is 8.28. The van der Waals surface area contributed by atoms with Crippen LogP contribution in [0.4, 0.5) is 4.79 Å². The van der Waals surface area contributed by atoms with Crippen LogP contribution in [0.2, 0.25) is 5.02 Å². The summed E-state index contributed by atoms with van der Waals surface area (Å²) in [7, 11) is 2.19. The Morgan fingerprint density at radius 2 is 1.76 bits per heavy atom. The van der Waals surface area contributed by atoms with Gasteiger partial charge in [0.2, 0.25) is 0 Å². The highest BCUT2D eigenvalue weighted by Crippen LogP contribution is 2.22. The molecule has 0 aliphatic carbocycles. The van der Waals surface area contributed by atoms with E-state index in [-0.39, 0.29) is 12.1 Å². The van der Waals surface area contributed by atoms with Crippen LogP contribution in [0.3, 0.4) is 0 Å². The summed E-state index contributed by atoms with van der Waals surface area (Å²) in [6.07, 6.45) is 2.48. The molecule has 2 aliphatic heterocycles. The molecule has 138 valence electrons. The Morgan fingerprint density at radius 3 is 2.40 bits per heavy atom. The van der Waals surface area contributed by atoms with Crippen LogP contribution in [0.25, 0.3) is 0 Å². The van der Waals surface area contributed by atoms with Gasteiger partial charge in [-0.1, -0.05) is 29.8 Å². The number of amides is 2. The third kappa shape index (κ3) is 4.66. The molecule has 0 radical (unpaired) electrons. The van der Waals surface area contributed by atoms with Gasteiger partial charge >= 0.3 is 6.03 Å². The average Bonchev–Trinajstić information content (AvgIpc) is 2.63. The van der Waals surface area contributed by atoms with E-state index in [1.807, 2.05) is 36.1 Å². The maximum atomic E-state index is 12.6. The Kier molecular flexibility index (Phi) is 6.20. The lowest BCUT2D eigenvalue weighted by Crippen LogP contribution is -2.55. The molecule has 2 aliphatic rings. The largest absolute Gasteiger partial charge is 0.331 e. The van der Waals surface area contributed by atoms with Crippen LogP contribution in [0.1, 0.15) is 31.4 Å². The zero-order valence-electron chi connectivity index (χ0n) is 15.2. The van der Waals surface area contributed by atoms with E-state index in [9.17, 15) is 4.79 Å². The topological polar surface area (TPSA) is 38.8 Å². The fourth-order valence-corrected chi connectivity index (χ4v) is 4.13. The summed E-state index contributed by atoms with van der Waals surface area (Å²) >= 11 is 6.23. The smallest absolute Gasteiger partial charge is 0.317 e. The molecule has 0 aromatic heterocycles. The van der Waals surface area contributed by atoms with E-state index < -0.39 is 0 Å². The molecule has 0 spiro atoms. The van der Waals surface area contributed by atoms with Gasteiger partial charge in [0.05, 0.1) is 6.04 Å². The normalized spacial score (nSPS) is 22.0. The molecule has 1 unspecified atom stereocenters. The number of urea groups is 1. The van der Waals surface area contributed by atoms with Crippen molar-refractivity contribution in [3.63, 3.8) is 0 Å². The number of hydrogen-bond donors (Lipinski definition) is 1. The number of carbonyl (C=O) groups excluding carboxylic acids is 1. The molecular weight excluding hydrogens is 336 g/mol. The fraction of sp³-hybridized carbons (Fsp3) is 0.632. The highest BCUT2D eigenvalue weighted by molar-refractivity contribution is 6.31. The van der Waals surface area contributed by atoms with Crippen molar-refractivity contribution in [1.82, 2.24) is 20.0 Å². The Hall–Kier alpha value is -1.30. The van der Waals surface area contributed by atoms with Crippen molar-refractivity contribution in [1.29, 1.82) is 0 Å². The van der Waals surface area contributed by atoms with Gasteiger partial charge in [-0.05, 0) is 51.5 Å². The summed E-state index contributed by atoms with van der Waals surface area (Å²) in [5.74, 6) is 0. The monoisotopic (exact) mass is 364 g/mol. The van der Waals surface area contributed by atoms with Crippen LogP contribution in [0.15, 0.2) is 24.3 Å². The Balaban J connectivity index is 1.47. The minimum absolute atomic E-state index is 0.00967. The van der Waals surface area contributed by atoms with E-state index in [0.717, 1.165) is 31.7 Å². The predicted molar refractivity (Wildman–Crippen MR) is 102 cm³/mol. The van der Waals surface area contributed by atoms with Crippen molar-refractivity contribution in [3.8, 4) is 0 Å². The zero-order valence-corrected chi connectivity index (χ0v) is 16.0. The first kappa shape index (κ1) is 18.5. The number of rotatable bonds is 3. The number of benzene rings is 1. The number of piperazine rings is 1. The molecule has 1 atom stereocenters. The Bertz CT molecular complexity index is 581. The maximum absolute atomic E-state index is 12.6. The lowest BCUT2D eigenvalue weighted by molar-refractivity contribution is 0.0744. The van der Waals surface area contributed by atoms with E-state index >= 15 is 0 Å². The minimum Gasteiger partial charge on any atom is -0.331 e. The second-order valence-electron chi connectivity index (χ2n) is 7.25. The van der Waals surface area contributed by atoms with Gasteiger partial charge in [0, 0.05) is 37.2 Å². The average molecular weight is 365 g/mol. The van der Waals surface area contributed by atoms with Crippen molar-refractivity contribution in [2.75, 3.05) is 46.3 Å². The minimum atomic E-state index is -0.0897. The third-order valence-electron chi connectivity index (χ3n) is 5.52. The number of carbonyl (C=O) groups is 1. The van der Waals surface area contributed by atoms with Gasteiger partial charge in [-0.15, -0.1) is 0 Å². The van der Waals surface area contributed by atoms with Gasteiger partial charge in [0.1, 0.15) is 0 Å². The number of nitrogens with zero attached hydrogens (tertiary/aromatic N) is 3. The van der Waals surface area contributed by atoms with E-state index in [0.29, 0.717) is 11.1 Å². The first-order valence-electron chi connectivity index (χ1n) is 9.27. The van der Waals surface area contributed by atoms with Crippen molar-refractivity contribution in [2.24, 2.45) is 0 Å². The van der Waals surface area contributed by atoms with Crippen LogP contribution < -0.4 is 5.32 Å². The number of hydrogen-bond acceptors (Lipinski definition) is 3. The maximum Gasteiger partial charge on any atom is 0.317 e. The molecule has 6 heteroatoms. The predicted octanol–water partition coefficient (Wildman–Crippen LogP) is 2.82. The second kappa shape index (κ2) is 8.39. The van der Waals surface area contributed by atoms with Crippen LogP contribution in [-0.2, 0) is 0 Å². The summed E-state index contributed by atoms with van der Waals surface area (Å²) in [4.78, 5) is 19.5. The molecule has 2 fully saturated rings. The molecule has 2 saturated heterocycles. The standard InChI is InChI=1S/C19H29ClN4O/c1-15(17-5-3-4-6-18(17)20)21-19(25)24-13-11-23(12-14-24)16-7-9-22(2)10-8-16/h3-6,15-16H,7-14H2,1-2H3,(H,21,25). The molecule has 0 saturated carbocycles. The Morgan fingerprint density at radius 1 is 1.12 bits per heavy atom. The first-order chi connectivity index (χ1) is 12.0. The molecule has 1 aromatic rings. The van der Waals surface area contributed by atoms with Gasteiger partial charge in [-0.2, -0.15) is 0 Å². The molecule has 3 rings (SSSR count). The summed E-state index contributed by atoms with van der Waals surface area (Å²) in [5.41, 5.74) is 0.961. The summed E-state index contributed by atoms with van der Waals surface area (Å²) < 4.78 is 0. The van der Waals surface area contributed by atoms with Crippen molar-refractivity contribution < 1.29 is 4.79 Å². The lowest BCUT2D eigenvalue weighted by Gasteiger charge is -2.42. The lowest BCUT2D eigenvalue weighted by atomic mass is 10.0. The third-order valence-corrected chi connectivity index (χ3v) is 5.86. The molecule has 1 N–H and O–H groups in total. The summed E-state index contributed by atoms with van der Waals surface area (Å²) in [6.45, 7) is 7.89. The van der Waals surface area contributed by atoms with Gasteiger partial charge < -0.3 is 15.1 Å². The van der Waals surface area contributed by atoms with E-state index in [4.69, 9.17) is 11.6 Å². The summed E-state index contributed by atoms with van der Waals surface area (Å²) in [5, 5.41) is 3.78. The first-order valence-corrected chi connectivity index (χ1v) is 9.65. The van der Waals surface area contributed by atoms with Crippen LogP contribution in [-0.4, -0.2) is 73.1 Å². The van der Waals surface area contributed by atoms with Gasteiger partial charge in [-0.25, -0.2) is 4.79 Å². The molecule has 5 nitrogen and oxygen atoms in total. The quantitative estimate of drug-likeness (QED) is 0.896. The molecule has 0 bridgehead atoms. The second-order valence-corrected chi connectivity index (χ2v) is 7.66. The SMILES string of the molecule is CC(NC(=O)N1CCN(C2CCN(C)CC2)CC1)c1ccccc1Cl. The van der Waals surface area contributed by atoms with Gasteiger partial charge in [-0.3, -0.25) is 4.90 Å². The number of halogens is 1. The highest BCUT2D eigenvalue weighted by Gasteiger charge is 2.28. The fourth-order valence-electron chi connectivity index (χ4n) is 3.83. The number of likely N-dealkylation sites (tertiary alicyclic amines) is 1. The highest BCUT2D eigenvalue weighted by atomic mass is 35.5. The van der Waals surface area contributed by atoms with Gasteiger partial charge in [0.25, 0.3) is 0 Å². The van der Waals surface area contributed by atoms with Crippen molar-refractivity contribution in [3.05, 3.63) is 34.9 Å². The van der Waals surface area contributed by atoms with Crippen molar-refractivity contribution in [2.45, 2.75) is 31.8 Å². The van der Waals surface area contributed by atoms with E-state index in [1.165, 1.54) is 25.9 Å². The number of nitrogens with one attached hydrogen (secondary N) is 1. The van der Waals surface area contributed by atoms with Gasteiger partial charge in [0.15, 0.2) is 0 Å².